The third-order valence-corrected chi connectivity index (χ3v) is 4.31. The molecule has 0 aliphatic heterocycles. The van der Waals surface area contributed by atoms with E-state index in [4.69, 9.17) is 33.2 Å². The molecule has 0 saturated heterocycles. The minimum Gasteiger partial charge on any atom is -0.251 e. The van der Waals surface area contributed by atoms with Gasteiger partial charge in [-0.1, -0.05) is 23.2 Å². The number of hydrogen-bond acceptors (Lipinski definition) is 2. The molecule has 2 aliphatic rings. The van der Waals surface area contributed by atoms with E-state index < -0.39 is 0 Å². The Morgan fingerprint density at radius 3 is 1.45 bits per heavy atom. The van der Waals surface area contributed by atoms with Gasteiger partial charge in [-0.05, 0) is 49.9 Å². The van der Waals surface area contributed by atoms with Crippen molar-refractivity contribution in [3.8, 4) is 11.4 Å². The van der Waals surface area contributed by atoms with E-state index in [9.17, 15) is 0 Å². The van der Waals surface area contributed by atoms with E-state index in [-0.39, 0.29) is 0 Å². The van der Waals surface area contributed by atoms with Gasteiger partial charge >= 0.3 is 0 Å². The fourth-order valence-electron chi connectivity index (χ4n) is 2.47. The zero-order chi connectivity index (χ0) is 13.7. The third-order valence-electron chi connectivity index (χ3n) is 3.87. The highest BCUT2D eigenvalue weighted by Gasteiger charge is 2.27. The maximum atomic E-state index is 6.23. The van der Waals surface area contributed by atoms with Gasteiger partial charge in [0.05, 0.1) is 11.4 Å². The maximum Gasteiger partial charge on any atom is 0.0905 e. The summed E-state index contributed by atoms with van der Waals surface area (Å²) in [6.45, 7) is 0. The smallest absolute Gasteiger partial charge is 0.0905 e. The minimum absolute atomic E-state index is 0.578. The molecule has 0 atom stereocenters. The van der Waals surface area contributed by atoms with E-state index in [0.717, 1.165) is 32.8 Å². The van der Waals surface area contributed by atoms with Crippen molar-refractivity contribution in [2.45, 2.75) is 37.5 Å². The quantitative estimate of drug-likeness (QED) is 0.778. The van der Waals surface area contributed by atoms with Crippen molar-refractivity contribution in [3.63, 3.8) is 0 Å². The molecular weight excluding hydrogens is 291 g/mol. The van der Waals surface area contributed by atoms with Crippen molar-refractivity contribution >= 4 is 23.2 Å². The third kappa shape index (κ3) is 2.55. The first-order chi connectivity index (χ1) is 9.69. The normalized spacial score (nSPS) is 18.3. The van der Waals surface area contributed by atoms with E-state index in [1.807, 2.05) is 24.3 Å². The topological polar surface area (TPSA) is 25.8 Å². The molecule has 2 aromatic rings. The van der Waals surface area contributed by atoms with Crippen LogP contribution in [0.1, 0.15) is 48.9 Å². The summed E-state index contributed by atoms with van der Waals surface area (Å²) in [4.78, 5) is 9.44. The number of aromatic nitrogens is 2. The van der Waals surface area contributed by atoms with Crippen molar-refractivity contribution in [1.82, 2.24) is 9.97 Å². The molecule has 20 heavy (non-hydrogen) atoms. The number of rotatable bonds is 3. The summed E-state index contributed by atoms with van der Waals surface area (Å²) in [5.74, 6) is 1.16. The van der Waals surface area contributed by atoms with Crippen molar-refractivity contribution in [1.29, 1.82) is 0 Å². The lowest BCUT2D eigenvalue weighted by atomic mass is 10.1. The van der Waals surface area contributed by atoms with Crippen LogP contribution in [0.5, 0.6) is 0 Å². The summed E-state index contributed by atoms with van der Waals surface area (Å²) < 4.78 is 0. The maximum absolute atomic E-state index is 6.23. The average molecular weight is 305 g/mol. The summed E-state index contributed by atoms with van der Waals surface area (Å²) >= 11 is 12.5. The molecule has 4 heteroatoms. The van der Waals surface area contributed by atoms with E-state index in [1.165, 1.54) is 25.7 Å². The fraction of sp³-hybridized carbons (Fsp3) is 0.375. The molecule has 0 amide bonds. The highest BCUT2D eigenvalue weighted by atomic mass is 35.5. The van der Waals surface area contributed by atoms with Gasteiger partial charge in [0.2, 0.25) is 0 Å². The number of halogens is 2. The van der Waals surface area contributed by atoms with E-state index >= 15 is 0 Å². The SMILES string of the molecule is Clc1cc(-c2cc(Cl)cc(C3CC3)n2)nc(C2CC2)c1. The van der Waals surface area contributed by atoms with Gasteiger partial charge in [-0.25, -0.2) is 0 Å². The van der Waals surface area contributed by atoms with Gasteiger partial charge in [-0.2, -0.15) is 0 Å². The van der Waals surface area contributed by atoms with Crippen LogP contribution in [0, 0.1) is 0 Å². The van der Waals surface area contributed by atoms with Gasteiger partial charge in [0.1, 0.15) is 0 Å². The Bertz CT molecular complexity index is 617. The van der Waals surface area contributed by atoms with E-state index in [2.05, 4.69) is 0 Å². The fourth-order valence-corrected chi connectivity index (χ4v) is 2.90. The summed E-state index contributed by atoms with van der Waals surface area (Å²) in [5.41, 5.74) is 3.84. The average Bonchev–Trinajstić information content (AvgIpc) is 3.29. The summed E-state index contributed by atoms with van der Waals surface area (Å²) in [6.07, 6.45) is 4.85. The van der Waals surface area contributed by atoms with Crippen LogP contribution < -0.4 is 0 Å². The number of nitrogens with zero attached hydrogens (tertiary/aromatic N) is 2. The molecule has 0 N–H and O–H groups in total. The second kappa shape index (κ2) is 4.71. The zero-order valence-corrected chi connectivity index (χ0v) is 12.5. The predicted molar refractivity (Wildman–Crippen MR) is 81.4 cm³/mol. The summed E-state index contributed by atoms with van der Waals surface area (Å²) in [5, 5.41) is 1.46. The lowest BCUT2D eigenvalue weighted by Gasteiger charge is -2.07. The Morgan fingerprint density at radius 2 is 1.10 bits per heavy atom. The molecule has 0 aromatic carbocycles. The monoisotopic (exact) mass is 304 g/mol. The minimum atomic E-state index is 0.578. The van der Waals surface area contributed by atoms with Gasteiger partial charge in [0.15, 0.2) is 0 Å². The standard InChI is InChI=1S/C16H14Cl2N2/c17-11-5-13(9-1-2-9)19-15(7-11)16-8-12(18)6-14(20-16)10-3-4-10/h5-10H,1-4H2. The Hall–Kier alpha value is -1.12. The van der Waals surface area contributed by atoms with E-state index in [0.29, 0.717) is 11.8 Å². The summed E-state index contributed by atoms with van der Waals surface area (Å²) in [7, 11) is 0. The number of pyridine rings is 2. The highest BCUT2D eigenvalue weighted by molar-refractivity contribution is 6.31. The van der Waals surface area contributed by atoms with Crippen LogP contribution in [0.25, 0.3) is 11.4 Å². The van der Waals surface area contributed by atoms with Crippen LogP contribution in [0.2, 0.25) is 10.0 Å². The predicted octanol–water partition coefficient (Wildman–Crippen LogP) is 5.21. The van der Waals surface area contributed by atoms with Gasteiger partial charge in [-0.15, -0.1) is 0 Å². The largest absolute Gasteiger partial charge is 0.251 e. The second-order valence-corrected chi connectivity index (χ2v) is 6.61. The zero-order valence-electron chi connectivity index (χ0n) is 10.9. The molecule has 2 fully saturated rings. The second-order valence-electron chi connectivity index (χ2n) is 5.74. The first-order valence-corrected chi connectivity index (χ1v) is 7.80. The number of hydrogen-bond donors (Lipinski definition) is 0. The summed E-state index contributed by atoms with van der Waals surface area (Å²) in [6, 6.07) is 7.69. The molecule has 0 bridgehead atoms. The van der Waals surface area contributed by atoms with Gasteiger partial charge < -0.3 is 0 Å². The first-order valence-electron chi connectivity index (χ1n) is 7.04. The van der Waals surface area contributed by atoms with Gasteiger partial charge in [-0.3, -0.25) is 9.97 Å². The van der Waals surface area contributed by atoms with Crippen LogP contribution in [0.15, 0.2) is 24.3 Å². The van der Waals surface area contributed by atoms with Crippen molar-refractivity contribution < 1.29 is 0 Å². The van der Waals surface area contributed by atoms with Crippen LogP contribution >= 0.6 is 23.2 Å². The molecule has 0 radical (unpaired) electrons. The van der Waals surface area contributed by atoms with Gasteiger partial charge in [0.25, 0.3) is 0 Å². The molecule has 2 aromatic heterocycles. The Morgan fingerprint density at radius 1 is 0.700 bits per heavy atom. The van der Waals surface area contributed by atoms with Crippen molar-refractivity contribution in [2.75, 3.05) is 0 Å². The molecule has 2 aliphatic carbocycles. The van der Waals surface area contributed by atoms with Crippen LogP contribution in [0.4, 0.5) is 0 Å². The van der Waals surface area contributed by atoms with Crippen LogP contribution in [0.3, 0.4) is 0 Å². The van der Waals surface area contributed by atoms with Crippen LogP contribution in [-0.2, 0) is 0 Å². The van der Waals surface area contributed by atoms with E-state index in [1.54, 1.807) is 0 Å². The first kappa shape index (κ1) is 12.6. The Kier molecular flexibility index (Phi) is 2.97. The van der Waals surface area contributed by atoms with Crippen molar-refractivity contribution in [3.05, 3.63) is 45.7 Å². The molecule has 0 spiro atoms. The van der Waals surface area contributed by atoms with Crippen molar-refractivity contribution in [2.24, 2.45) is 0 Å². The molecule has 2 nitrogen and oxygen atoms in total. The molecular formula is C16H14Cl2N2. The van der Waals surface area contributed by atoms with Crippen LogP contribution in [-0.4, -0.2) is 9.97 Å². The Balaban J connectivity index is 1.79. The molecule has 2 heterocycles. The molecule has 4 rings (SSSR count). The Labute approximate surface area is 128 Å². The molecule has 102 valence electrons. The lowest BCUT2D eigenvalue weighted by molar-refractivity contribution is 1.00. The molecule has 2 saturated carbocycles. The highest BCUT2D eigenvalue weighted by Crippen LogP contribution is 2.42. The van der Waals surface area contributed by atoms with Gasteiger partial charge in [0, 0.05) is 33.3 Å². The molecule has 0 unspecified atom stereocenters. The lowest BCUT2D eigenvalue weighted by Crippen LogP contribution is -1.95.